The molecule has 0 saturated carbocycles. The number of hydrogen-bond acceptors (Lipinski definition) is 4. The van der Waals surface area contributed by atoms with E-state index in [1.807, 2.05) is 24.3 Å². The molecule has 0 atom stereocenters. The Morgan fingerprint density at radius 3 is 2.13 bits per heavy atom. The number of nitrogens with one attached hydrogen (secondary N) is 1. The lowest BCUT2D eigenvalue weighted by atomic mass is 10.1. The molecule has 3 aromatic rings. The molecule has 0 spiro atoms. The first-order valence-corrected chi connectivity index (χ1v) is 11.4. The maximum atomic E-state index is 12.6. The summed E-state index contributed by atoms with van der Waals surface area (Å²) < 4.78 is 31.7. The molecule has 0 bridgehead atoms. The van der Waals surface area contributed by atoms with E-state index in [0.717, 1.165) is 23.3 Å². The Kier molecular flexibility index (Phi) is 7.44. The predicted molar refractivity (Wildman–Crippen MR) is 121 cm³/mol. The Bertz CT molecular complexity index is 1100. The zero-order valence-electron chi connectivity index (χ0n) is 17.6. The SMILES string of the molecule is COc1ccc(CCNC(=O)c2ccc(CN(C)S(=O)(=O)c3ccccc3)cc2)cc1. The van der Waals surface area contributed by atoms with Crippen molar-refractivity contribution in [3.63, 3.8) is 0 Å². The number of carbonyl (C=O) groups is 1. The molecule has 0 fully saturated rings. The van der Waals surface area contributed by atoms with Crippen molar-refractivity contribution in [1.29, 1.82) is 0 Å². The van der Waals surface area contributed by atoms with Crippen LogP contribution < -0.4 is 10.1 Å². The molecule has 1 amide bonds. The number of carbonyl (C=O) groups excluding carboxylic acids is 1. The summed E-state index contributed by atoms with van der Waals surface area (Å²) in [6.07, 6.45) is 0.718. The fourth-order valence-corrected chi connectivity index (χ4v) is 4.27. The van der Waals surface area contributed by atoms with Crippen LogP contribution in [0.25, 0.3) is 0 Å². The largest absolute Gasteiger partial charge is 0.497 e. The normalized spacial score (nSPS) is 11.3. The molecule has 0 aliphatic carbocycles. The monoisotopic (exact) mass is 438 g/mol. The van der Waals surface area contributed by atoms with E-state index in [1.54, 1.807) is 68.8 Å². The van der Waals surface area contributed by atoms with Gasteiger partial charge in [0.05, 0.1) is 12.0 Å². The Hall–Kier alpha value is -3.16. The predicted octanol–water partition coefficient (Wildman–Crippen LogP) is 3.49. The molecule has 31 heavy (non-hydrogen) atoms. The first-order chi connectivity index (χ1) is 14.9. The summed E-state index contributed by atoms with van der Waals surface area (Å²) in [6, 6.07) is 23.0. The van der Waals surface area contributed by atoms with Gasteiger partial charge in [0.25, 0.3) is 5.91 Å². The van der Waals surface area contributed by atoms with Gasteiger partial charge in [-0.05, 0) is 53.9 Å². The molecule has 0 saturated heterocycles. The highest BCUT2D eigenvalue weighted by Gasteiger charge is 2.20. The summed E-state index contributed by atoms with van der Waals surface area (Å²) in [6.45, 7) is 0.738. The smallest absolute Gasteiger partial charge is 0.251 e. The molecule has 1 N–H and O–H groups in total. The van der Waals surface area contributed by atoms with Crippen molar-refractivity contribution in [2.75, 3.05) is 20.7 Å². The van der Waals surface area contributed by atoms with Crippen LogP contribution in [0.3, 0.4) is 0 Å². The summed E-state index contributed by atoms with van der Waals surface area (Å²) in [5, 5.41) is 2.91. The van der Waals surface area contributed by atoms with Crippen molar-refractivity contribution in [3.8, 4) is 5.75 Å². The fourth-order valence-electron chi connectivity index (χ4n) is 3.09. The summed E-state index contributed by atoms with van der Waals surface area (Å²) >= 11 is 0. The van der Waals surface area contributed by atoms with Gasteiger partial charge in [-0.25, -0.2) is 8.42 Å². The lowest BCUT2D eigenvalue weighted by molar-refractivity contribution is 0.0954. The average Bonchev–Trinajstić information content (AvgIpc) is 2.80. The number of hydrogen-bond donors (Lipinski definition) is 1. The number of amides is 1. The van der Waals surface area contributed by atoms with Crippen LogP contribution in [0, 0.1) is 0 Å². The van der Waals surface area contributed by atoms with E-state index in [0.29, 0.717) is 12.1 Å². The topological polar surface area (TPSA) is 75.7 Å². The highest BCUT2D eigenvalue weighted by Crippen LogP contribution is 2.17. The maximum Gasteiger partial charge on any atom is 0.251 e. The van der Waals surface area contributed by atoms with Crippen LogP contribution in [0.1, 0.15) is 21.5 Å². The van der Waals surface area contributed by atoms with E-state index in [1.165, 1.54) is 4.31 Å². The molecular formula is C24H26N2O4S. The van der Waals surface area contributed by atoms with Crippen LogP contribution >= 0.6 is 0 Å². The number of rotatable bonds is 9. The molecule has 0 radical (unpaired) electrons. The van der Waals surface area contributed by atoms with E-state index < -0.39 is 10.0 Å². The quantitative estimate of drug-likeness (QED) is 0.555. The van der Waals surface area contributed by atoms with Gasteiger partial charge < -0.3 is 10.1 Å². The van der Waals surface area contributed by atoms with Gasteiger partial charge in [-0.3, -0.25) is 4.79 Å². The number of benzene rings is 3. The zero-order valence-corrected chi connectivity index (χ0v) is 18.4. The molecular weight excluding hydrogens is 412 g/mol. The van der Waals surface area contributed by atoms with Crippen LogP contribution in [0.2, 0.25) is 0 Å². The first-order valence-electron chi connectivity index (χ1n) is 9.91. The minimum Gasteiger partial charge on any atom is -0.497 e. The molecule has 6 nitrogen and oxygen atoms in total. The van der Waals surface area contributed by atoms with Crippen molar-refractivity contribution >= 4 is 15.9 Å². The zero-order chi connectivity index (χ0) is 22.3. The summed E-state index contributed by atoms with van der Waals surface area (Å²) in [5.41, 5.74) is 2.45. The van der Waals surface area contributed by atoms with E-state index in [4.69, 9.17) is 4.74 Å². The molecule has 3 rings (SSSR count). The van der Waals surface area contributed by atoms with E-state index in [-0.39, 0.29) is 17.3 Å². The van der Waals surface area contributed by atoms with Gasteiger partial charge >= 0.3 is 0 Å². The van der Waals surface area contributed by atoms with Gasteiger partial charge in [0.15, 0.2) is 0 Å². The lowest BCUT2D eigenvalue weighted by Crippen LogP contribution is -2.27. The average molecular weight is 439 g/mol. The second-order valence-corrected chi connectivity index (χ2v) is 9.17. The van der Waals surface area contributed by atoms with Gasteiger partial charge in [-0.1, -0.05) is 42.5 Å². The molecule has 0 aromatic heterocycles. The number of ether oxygens (including phenoxy) is 1. The van der Waals surface area contributed by atoms with Crippen molar-refractivity contribution < 1.29 is 17.9 Å². The van der Waals surface area contributed by atoms with Crippen LogP contribution in [0.15, 0.2) is 83.8 Å². The van der Waals surface area contributed by atoms with Gasteiger partial charge in [0.2, 0.25) is 10.0 Å². The van der Waals surface area contributed by atoms with Crippen molar-refractivity contribution in [2.45, 2.75) is 17.9 Å². The third-order valence-corrected chi connectivity index (χ3v) is 6.75. The second-order valence-electron chi connectivity index (χ2n) is 7.13. The molecule has 0 aliphatic heterocycles. The summed E-state index contributed by atoms with van der Waals surface area (Å²) in [5.74, 6) is 0.639. The van der Waals surface area contributed by atoms with Crippen LogP contribution in [0.4, 0.5) is 0 Å². The third kappa shape index (κ3) is 5.93. The van der Waals surface area contributed by atoms with Crippen molar-refractivity contribution in [2.24, 2.45) is 0 Å². The summed E-state index contributed by atoms with van der Waals surface area (Å²) in [4.78, 5) is 12.6. The molecule has 162 valence electrons. The Balaban J connectivity index is 1.53. The van der Waals surface area contributed by atoms with Crippen molar-refractivity contribution in [3.05, 3.63) is 95.6 Å². The number of nitrogens with zero attached hydrogens (tertiary/aromatic N) is 1. The van der Waals surface area contributed by atoms with Gasteiger partial charge in [0, 0.05) is 25.7 Å². The van der Waals surface area contributed by atoms with Gasteiger partial charge in [-0.15, -0.1) is 0 Å². The van der Waals surface area contributed by atoms with E-state index >= 15 is 0 Å². The van der Waals surface area contributed by atoms with Gasteiger partial charge in [0.1, 0.15) is 5.75 Å². The number of sulfonamides is 1. The minimum atomic E-state index is -3.56. The van der Waals surface area contributed by atoms with Crippen LogP contribution in [-0.4, -0.2) is 39.3 Å². The molecule has 0 unspecified atom stereocenters. The Morgan fingerprint density at radius 1 is 0.903 bits per heavy atom. The maximum absolute atomic E-state index is 12.6. The highest BCUT2D eigenvalue weighted by molar-refractivity contribution is 7.89. The third-order valence-electron chi connectivity index (χ3n) is 4.93. The molecule has 7 heteroatoms. The second kappa shape index (κ2) is 10.2. The van der Waals surface area contributed by atoms with Crippen molar-refractivity contribution in [1.82, 2.24) is 9.62 Å². The van der Waals surface area contributed by atoms with E-state index in [2.05, 4.69) is 5.32 Å². The highest BCUT2D eigenvalue weighted by atomic mass is 32.2. The minimum absolute atomic E-state index is 0.162. The molecule has 0 heterocycles. The Morgan fingerprint density at radius 2 is 1.52 bits per heavy atom. The van der Waals surface area contributed by atoms with Crippen LogP contribution in [0.5, 0.6) is 5.75 Å². The summed E-state index contributed by atoms with van der Waals surface area (Å²) in [7, 11) is -0.391. The number of methoxy groups -OCH3 is 1. The first kappa shape index (κ1) is 22.5. The van der Waals surface area contributed by atoms with Gasteiger partial charge in [-0.2, -0.15) is 4.31 Å². The Labute approximate surface area is 183 Å². The van der Waals surface area contributed by atoms with E-state index in [9.17, 15) is 13.2 Å². The standard InChI is InChI=1S/C24H26N2O4S/c1-26(31(28,29)23-6-4-3-5-7-23)18-20-8-12-21(13-9-20)24(27)25-17-16-19-10-14-22(30-2)15-11-19/h3-15H,16-18H2,1-2H3,(H,25,27). The lowest BCUT2D eigenvalue weighted by Gasteiger charge is -2.17. The van der Waals surface area contributed by atoms with Crippen LogP contribution in [-0.2, 0) is 23.0 Å². The molecule has 3 aromatic carbocycles. The molecule has 0 aliphatic rings. The fraction of sp³-hybridized carbons (Fsp3) is 0.208.